The van der Waals surface area contributed by atoms with Gasteiger partial charge >= 0.3 is 0 Å². The van der Waals surface area contributed by atoms with E-state index in [2.05, 4.69) is 31.8 Å². The number of hydrogen-bond acceptors (Lipinski definition) is 5. The highest BCUT2D eigenvalue weighted by Gasteiger charge is 2.13. The molecule has 0 aliphatic heterocycles. The molecule has 29 heavy (non-hydrogen) atoms. The molecule has 0 spiro atoms. The van der Waals surface area contributed by atoms with Crippen LogP contribution in [0.5, 0.6) is 11.5 Å². The summed E-state index contributed by atoms with van der Waals surface area (Å²) in [4.78, 5) is 11.0. The Kier molecular flexibility index (Phi) is 8.97. The number of thiocarbonyl (C=S) groups is 1. The highest BCUT2D eigenvalue weighted by Crippen LogP contribution is 2.36. The zero-order chi connectivity index (χ0) is 21.4. The van der Waals surface area contributed by atoms with Crippen LogP contribution in [0.4, 0.5) is 5.69 Å². The number of hydrogen-bond donors (Lipinski definition) is 3. The van der Waals surface area contributed by atoms with Gasteiger partial charge in [-0.25, -0.2) is 0 Å². The van der Waals surface area contributed by atoms with Crippen molar-refractivity contribution in [1.82, 2.24) is 5.43 Å². The predicted molar refractivity (Wildman–Crippen MR) is 123 cm³/mol. The van der Waals surface area contributed by atoms with Gasteiger partial charge in [-0.05, 0) is 71.0 Å². The van der Waals surface area contributed by atoms with Crippen molar-refractivity contribution >= 4 is 74.3 Å². The van der Waals surface area contributed by atoms with Gasteiger partial charge in [0, 0.05) is 5.69 Å². The van der Waals surface area contributed by atoms with Crippen LogP contribution in [0.15, 0.2) is 39.9 Å². The van der Waals surface area contributed by atoms with Crippen LogP contribution in [0.1, 0.15) is 12.5 Å². The maximum atomic E-state index is 11.0. The molecule has 11 heteroatoms. The van der Waals surface area contributed by atoms with Gasteiger partial charge in [0.15, 0.2) is 23.2 Å². The van der Waals surface area contributed by atoms with Crippen molar-refractivity contribution in [3.63, 3.8) is 0 Å². The highest BCUT2D eigenvalue weighted by atomic mass is 79.9. The number of hydrazone groups is 1. The molecule has 0 atom stereocenters. The first-order valence-corrected chi connectivity index (χ1v) is 10.2. The average molecular weight is 520 g/mol. The number of primary amides is 1. The summed E-state index contributed by atoms with van der Waals surface area (Å²) >= 11 is 20.4. The van der Waals surface area contributed by atoms with Crippen LogP contribution >= 0.6 is 51.3 Å². The molecular weight excluding hydrogens is 503 g/mol. The van der Waals surface area contributed by atoms with Crippen molar-refractivity contribution < 1.29 is 14.3 Å². The van der Waals surface area contributed by atoms with Crippen molar-refractivity contribution in [2.75, 3.05) is 18.5 Å². The SMILES string of the molecule is CCOc1cc(/C=N\NC(=S)Nc2ccc(Cl)c(Cl)c2)cc(Br)c1OCC(N)=O. The highest BCUT2D eigenvalue weighted by molar-refractivity contribution is 9.10. The molecule has 0 fully saturated rings. The van der Waals surface area contributed by atoms with Crippen LogP contribution < -0.4 is 25.9 Å². The molecule has 0 aliphatic carbocycles. The topological polar surface area (TPSA) is 98.0 Å². The third-order valence-corrected chi connectivity index (χ3v) is 4.77. The number of ether oxygens (including phenoxy) is 2. The van der Waals surface area contributed by atoms with Gasteiger partial charge in [0.2, 0.25) is 0 Å². The number of anilines is 1. The first-order valence-electron chi connectivity index (χ1n) is 8.22. The van der Waals surface area contributed by atoms with Crippen LogP contribution in [0.25, 0.3) is 0 Å². The van der Waals surface area contributed by atoms with E-state index < -0.39 is 5.91 Å². The van der Waals surface area contributed by atoms with E-state index in [0.29, 0.717) is 43.9 Å². The molecule has 2 aromatic carbocycles. The van der Waals surface area contributed by atoms with Crippen LogP contribution in [-0.4, -0.2) is 30.4 Å². The normalized spacial score (nSPS) is 10.6. The van der Waals surface area contributed by atoms with Crippen molar-refractivity contribution in [3.8, 4) is 11.5 Å². The lowest BCUT2D eigenvalue weighted by atomic mass is 10.2. The Morgan fingerprint density at radius 2 is 2.03 bits per heavy atom. The minimum Gasteiger partial charge on any atom is -0.490 e. The van der Waals surface area contributed by atoms with Crippen LogP contribution in [-0.2, 0) is 4.79 Å². The number of halogens is 3. The van der Waals surface area contributed by atoms with Crippen molar-refractivity contribution in [2.45, 2.75) is 6.92 Å². The van der Waals surface area contributed by atoms with Crippen molar-refractivity contribution in [1.29, 1.82) is 0 Å². The van der Waals surface area contributed by atoms with Gasteiger partial charge in [-0.2, -0.15) is 5.10 Å². The molecule has 2 rings (SSSR count). The summed E-state index contributed by atoms with van der Waals surface area (Å²) in [5.41, 5.74) is 9.21. The fourth-order valence-electron chi connectivity index (χ4n) is 2.11. The summed E-state index contributed by atoms with van der Waals surface area (Å²) in [5.74, 6) is 0.242. The number of nitrogens with zero attached hydrogens (tertiary/aromatic N) is 1. The Balaban J connectivity index is 2.05. The summed E-state index contributed by atoms with van der Waals surface area (Å²) in [5, 5.41) is 8.17. The number of carbonyl (C=O) groups is 1. The Hall–Kier alpha value is -2.07. The van der Waals surface area contributed by atoms with Crippen molar-refractivity contribution in [2.24, 2.45) is 10.8 Å². The molecule has 0 saturated carbocycles. The monoisotopic (exact) mass is 518 g/mol. The van der Waals surface area contributed by atoms with Gasteiger partial charge in [0.25, 0.3) is 5.91 Å². The molecule has 7 nitrogen and oxygen atoms in total. The number of rotatable bonds is 8. The molecule has 4 N–H and O–H groups in total. The number of nitrogens with two attached hydrogens (primary N) is 1. The molecule has 0 radical (unpaired) electrons. The number of carbonyl (C=O) groups excluding carboxylic acids is 1. The average Bonchev–Trinajstić information content (AvgIpc) is 2.64. The minimum atomic E-state index is -0.586. The number of nitrogens with one attached hydrogen (secondary N) is 2. The van der Waals surface area contributed by atoms with Crippen LogP contribution in [0.2, 0.25) is 10.0 Å². The third-order valence-electron chi connectivity index (χ3n) is 3.25. The minimum absolute atomic E-state index is 0.262. The molecule has 0 aromatic heterocycles. The molecule has 0 unspecified atom stereocenters. The zero-order valence-electron chi connectivity index (χ0n) is 15.2. The summed E-state index contributed by atoms with van der Waals surface area (Å²) < 4.78 is 11.6. The maximum Gasteiger partial charge on any atom is 0.255 e. The second-order valence-corrected chi connectivity index (χ2v) is 7.55. The fourth-order valence-corrected chi connectivity index (χ4v) is 3.15. The lowest BCUT2D eigenvalue weighted by Gasteiger charge is -2.13. The van der Waals surface area contributed by atoms with Crippen LogP contribution in [0, 0.1) is 0 Å². The van der Waals surface area contributed by atoms with E-state index in [1.54, 1.807) is 36.5 Å². The van der Waals surface area contributed by atoms with E-state index in [9.17, 15) is 4.79 Å². The zero-order valence-corrected chi connectivity index (χ0v) is 19.1. The van der Waals surface area contributed by atoms with E-state index >= 15 is 0 Å². The van der Waals surface area contributed by atoms with Gasteiger partial charge in [0.05, 0.1) is 27.3 Å². The first kappa shape index (κ1) is 23.2. The third kappa shape index (κ3) is 7.36. The van der Waals surface area contributed by atoms with E-state index in [-0.39, 0.29) is 11.7 Å². The molecule has 0 heterocycles. The largest absolute Gasteiger partial charge is 0.490 e. The lowest BCUT2D eigenvalue weighted by molar-refractivity contribution is -0.119. The van der Waals surface area contributed by atoms with Gasteiger partial charge in [0.1, 0.15) is 0 Å². The summed E-state index contributed by atoms with van der Waals surface area (Å²) in [6, 6.07) is 8.51. The van der Waals surface area contributed by atoms with E-state index in [1.807, 2.05) is 6.92 Å². The Morgan fingerprint density at radius 1 is 1.28 bits per heavy atom. The van der Waals surface area contributed by atoms with Gasteiger partial charge in [-0.3, -0.25) is 10.2 Å². The first-order chi connectivity index (χ1) is 13.8. The van der Waals surface area contributed by atoms with Gasteiger partial charge < -0.3 is 20.5 Å². The van der Waals surface area contributed by atoms with Gasteiger partial charge in [-0.1, -0.05) is 23.2 Å². The number of amides is 1. The smallest absolute Gasteiger partial charge is 0.255 e. The van der Waals surface area contributed by atoms with Gasteiger partial charge in [-0.15, -0.1) is 0 Å². The molecule has 0 aliphatic rings. The standard InChI is InChI=1S/C18H17BrCl2N4O3S/c1-2-27-15-6-10(5-12(19)17(15)28-9-16(22)26)8-23-25-18(29)24-11-3-4-13(20)14(21)7-11/h3-8H,2,9H2,1H3,(H2,22,26)(H2,24,25,29)/b23-8-. The molecule has 1 amide bonds. The molecule has 2 aromatic rings. The summed E-state index contributed by atoms with van der Waals surface area (Å²) in [7, 11) is 0. The Morgan fingerprint density at radius 3 is 2.69 bits per heavy atom. The fraction of sp³-hybridized carbons (Fsp3) is 0.167. The predicted octanol–water partition coefficient (Wildman–Crippen LogP) is 4.34. The maximum absolute atomic E-state index is 11.0. The molecule has 154 valence electrons. The van der Waals surface area contributed by atoms with E-state index in [4.69, 9.17) is 50.6 Å². The Labute approximate surface area is 191 Å². The second-order valence-electron chi connectivity index (χ2n) is 5.47. The molecule has 0 saturated heterocycles. The van der Waals surface area contributed by atoms with Crippen LogP contribution in [0.3, 0.4) is 0 Å². The Bertz CT molecular complexity index is 944. The summed E-state index contributed by atoms with van der Waals surface area (Å²) in [6.07, 6.45) is 1.55. The quantitative estimate of drug-likeness (QED) is 0.272. The lowest BCUT2D eigenvalue weighted by Crippen LogP contribution is -2.23. The van der Waals surface area contributed by atoms with E-state index in [1.165, 1.54) is 0 Å². The van der Waals surface area contributed by atoms with Crippen molar-refractivity contribution in [3.05, 3.63) is 50.4 Å². The molecular formula is C18H17BrCl2N4O3S. The summed E-state index contributed by atoms with van der Waals surface area (Å²) in [6.45, 7) is 1.99. The second kappa shape index (κ2) is 11.2. The van der Waals surface area contributed by atoms with E-state index in [0.717, 1.165) is 0 Å². The number of benzene rings is 2. The molecule has 0 bridgehead atoms.